The number of hydrogen-bond acceptors (Lipinski definition) is 2. The minimum Gasteiger partial charge on any atom is -0.497 e. The highest BCUT2D eigenvalue weighted by atomic mass is 16.5. The molecule has 0 radical (unpaired) electrons. The lowest BCUT2D eigenvalue weighted by atomic mass is 9.91. The van der Waals surface area contributed by atoms with E-state index in [0.29, 0.717) is 5.92 Å². The molecule has 2 aromatic carbocycles. The zero-order chi connectivity index (χ0) is 12.5. The smallest absolute Gasteiger partial charge is 0.119 e. The summed E-state index contributed by atoms with van der Waals surface area (Å²) >= 11 is 0. The number of ether oxygens (including phenoxy) is 1. The molecule has 0 bridgehead atoms. The molecular weight excluding hydrogens is 222 g/mol. The van der Waals surface area contributed by atoms with Gasteiger partial charge in [0.05, 0.1) is 7.11 Å². The Morgan fingerprint density at radius 1 is 1.11 bits per heavy atom. The highest BCUT2D eigenvalue weighted by Gasteiger charge is 2.31. The molecule has 2 N–H and O–H groups in total. The van der Waals surface area contributed by atoms with Gasteiger partial charge < -0.3 is 10.5 Å². The largest absolute Gasteiger partial charge is 0.497 e. The predicted molar refractivity (Wildman–Crippen MR) is 73.0 cm³/mol. The molecule has 0 spiro atoms. The van der Waals surface area contributed by atoms with Gasteiger partial charge in [0.1, 0.15) is 5.75 Å². The van der Waals surface area contributed by atoms with Crippen LogP contribution in [0.3, 0.4) is 0 Å². The van der Waals surface area contributed by atoms with E-state index >= 15 is 0 Å². The van der Waals surface area contributed by atoms with E-state index in [2.05, 4.69) is 36.4 Å². The third kappa shape index (κ3) is 1.79. The minimum atomic E-state index is 0.162. The third-order valence-electron chi connectivity index (χ3n) is 3.73. The Kier molecular flexibility index (Phi) is 2.80. The second kappa shape index (κ2) is 4.46. The molecule has 0 heterocycles. The summed E-state index contributed by atoms with van der Waals surface area (Å²) in [6.45, 7) is 0. The molecule has 0 amide bonds. The number of methoxy groups -OCH3 is 1. The highest BCUT2D eigenvalue weighted by Crippen LogP contribution is 2.38. The van der Waals surface area contributed by atoms with E-state index in [1.54, 1.807) is 7.11 Å². The lowest BCUT2D eigenvalue weighted by molar-refractivity contribution is 0.414. The number of benzene rings is 2. The number of hydrogen-bond donors (Lipinski definition) is 1. The molecule has 0 aromatic heterocycles. The van der Waals surface area contributed by atoms with Gasteiger partial charge in [0, 0.05) is 12.0 Å². The summed E-state index contributed by atoms with van der Waals surface area (Å²) in [5.74, 6) is 1.22. The van der Waals surface area contributed by atoms with Crippen molar-refractivity contribution in [2.24, 2.45) is 5.73 Å². The average molecular weight is 239 g/mol. The van der Waals surface area contributed by atoms with E-state index < -0.39 is 0 Å². The summed E-state index contributed by atoms with van der Waals surface area (Å²) < 4.78 is 5.27. The van der Waals surface area contributed by atoms with Gasteiger partial charge in [0.2, 0.25) is 0 Å². The molecule has 0 aliphatic heterocycles. The van der Waals surface area contributed by atoms with Crippen molar-refractivity contribution >= 4 is 0 Å². The maximum Gasteiger partial charge on any atom is 0.119 e. The van der Waals surface area contributed by atoms with E-state index in [4.69, 9.17) is 10.5 Å². The summed E-state index contributed by atoms with van der Waals surface area (Å²) in [6.07, 6.45) is 0.923. The van der Waals surface area contributed by atoms with Gasteiger partial charge >= 0.3 is 0 Å². The van der Waals surface area contributed by atoms with Gasteiger partial charge in [-0.05, 0) is 35.2 Å². The first kappa shape index (κ1) is 11.3. The Morgan fingerprint density at radius 2 is 1.89 bits per heavy atom. The molecule has 1 aliphatic rings. The van der Waals surface area contributed by atoms with Crippen LogP contribution in [-0.4, -0.2) is 13.2 Å². The molecule has 2 heteroatoms. The van der Waals surface area contributed by atoms with Crippen molar-refractivity contribution in [2.45, 2.75) is 18.4 Å². The number of fused-ring (bicyclic) bond motifs is 1. The van der Waals surface area contributed by atoms with Gasteiger partial charge in [0.25, 0.3) is 0 Å². The highest BCUT2D eigenvalue weighted by molar-refractivity contribution is 5.47. The van der Waals surface area contributed by atoms with Crippen LogP contribution >= 0.6 is 0 Å². The van der Waals surface area contributed by atoms with Crippen molar-refractivity contribution in [1.82, 2.24) is 0 Å². The molecule has 0 saturated heterocycles. The van der Waals surface area contributed by atoms with Crippen molar-refractivity contribution in [3.63, 3.8) is 0 Å². The number of rotatable bonds is 2. The van der Waals surface area contributed by atoms with Gasteiger partial charge in [-0.3, -0.25) is 0 Å². The molecule has 3 rings (SSSR count). The maximum absolute atomic E-state index is 6.31. The zero-order valence-corrected chi connectivity index (χ0v) is 10.5. The third-order valence-corrected chi connectivity index (χ3v) is 3.73. The number of nitrogens with two attached hydrogens (primary N) is 1. The van der Waals surface area contributed by atoms with Crippen molar-refractivity contribution in [3.05, 3.63) is 65.2 Å². The van der Waals surface area contributed by atoms with Gasteiger partial charge in [-0.1, -0.05) is 36.4 Å². The van der Waals surface area contributed by atoms with Crippen molar-refractivity contribution in [1.29, 1.82) is 0 Å². The van der Waals surface area contributed by atoms with E-state index in [9.17, 15) is 0 Å². The second-order valence-electron chi connectivity index (χ2n) is 4.82. The Labute approximate surface area is 107 Å². The molecule has 2 nitrogen and oxygen atoms in total. The van der Waals surface area contributed by atoms with Crippen LogP contribution in [0, 0.1) is 0 Å². The fourth-order valence-corrected chi connectivity index (χ4v) is 2.88. The monoisotopic (exact) mass is 239 g/mol. The van der Waals surface area contributed by atoms with Gasteiger partial charge in [-0.15, -0.1) is 0 Å². The fraction of sp³-hybridized carbons (Fsp3) is 0.250. The molecule has 1 aliphatic carbocycles. The van der Waals surface area contributed by atoms with Crippen LogP contribution in [0.4, 0.5) is 0 Å². The lowest BCUT2D eigenvalue weighted by Crippen LogP contribution is -2.25. The summed E-state index contributed by atoms with van der Waals surface area (Å²) in [6, 6.07) is 16.9. The summed E-state index contributed by atoms with van der Waals surface area (Å²) in [7, 11) is 1.70. The SMILES string of the molecule is COc1ccc2c(c1)C[C@H](N)[C@H]2c1ccccc1. The Morgan fingerprint density at radius 3 is 2.61 bits per heavy atom. The van der Waals surface area contributed by atoms with Crippen LogP contribution in [0.1, 0.15) is 22.6 Å². The molecule has 0 saturated carbocycles. The van der Waals surface area contributed by atoms with Crippen LogP contribution in [0.2, 0.25) is 0 Å². The summed E-state index contributed by atoms with van der Waals surface area (Å²) in [5.41, 5.74) is 10.3. The van der Waals surface area contributed by atoms with Crippen LogP contribution in [-0.2, 0) is 6.42 Å². The maximum atomic E-state index is 6.31. The van der Waals surface area contributed by atoms with Gasteiger partial charge in [0.15, 0.2) is 0 Å². The molecule has 18 heavy (non-hydrogen) atoms. The molecule has 2 atom stereocenters. The summed E-state index contributed by atoms with van der Waals surface area (Å²) in [4.78, 5) is 0. The Hall–Kier alpha value is -1.80. The normalized spacial score (nSPS) is 21.7. The standard InChI is InChI=1S/C16H17NO/c1-18-13-7-8-14-12(9-13)10-15(17)16(14)11-5-3-2-4-6-11/h2-9,15-16H,10,17H2,1H3/t15-,16-/m0/s1. The predicted octanol–water partition coefficient (Wildman–Crippen LogP) is 2.71. The Bertz CT molecular complexity index is 550. The minimum absolute atomic E-state index is 0.162. The van der Waals surface area contributed by atoms with E-state index in [-0.39, 0.29) is 6.04 Å². The van der Waals surface area contributed by atoms with Crippen LogP contribution < -0.4 is 10.5 Å². The molecular formula is C16H17NO. The van der Waals surface area contributed by atoms with Gasteiger partial charge in [-0.2, -0.15) is 0 Å². The summed E-state index contributed by atoms with van der Waals surface area (Å²) in [5, 5.41) is 0. The first-order chi connectivity index (χ1) is 8.79. The molecule has 0 fully saturated rings. The second-order valence-corrected chi connectivity index (χ2v) is 4.82. The van der Waals surface area contributed by atoms with Crippen LogP contribution in [0.25, 0.3) is 0 Å². The van der Waals surface area contributed by atoms with Crippen LogP contribution in [0.15, 0.2) is 48.5 Å². The molecule has 92 valence electrons. The average Bonchev–Trinajstić information content (AvgIpc) is 2.74. The van der Waals surface area contributed by atoms with Crippen molar-refractivity contribution in [3.8, 4) is 5.75 Å². The molecule has 2 aromatic rings. The van der Waals surface area contributed by atoms with Crippen molar-refractivity contribution < 1.29 is 4.74 Å². The quantitative estimate of drug-likeness (QED) is 0.874. The van der Waals surface area contributed by atoms with Crippen molar-refractivity contribution in [2.75, 3.05) is 7.11 Å². The topological polar surface area (TPSA) is 35.2 Å². The van der Waals surface area contributed by atoms with Gasteiger partial charge in [-0.25, -0.2) is 0 Å². The van der Waals surface area contributed by atoms with Crippen LogP contribution in [0.5, 0.6) is 5.75 Å². The van der Waals surface area contributed by atoms with E-state index in [1.165, 1.54) is 16.7 Å². The van der Waals surface area contributed by atoms with E-state index in [1.807, 2.05) is 12.1 Å². The lowest BCUT2D eigenvalue weighted by Gasteiger charge is -2.17. The Balaban J connectivity index is 2.05. The first-order valence-corrected chi connectivity index (χ1v) is 6.27. The first-order valence-electron chi connectivity index (χ1n) is 6.27. The molecule has 0 unspecified atom stereocenters. The fourth-order valence-electron chi connectivity index (χ4n) is 2.88. The zero-order valence-electron chi connectivity index (χ0n) is 10.5. The van der Waals surface area contributed by atoms with E-state index in [0.717, 1.165) is 12.2 Å².